The van der Waals surface area contributed by atoms with Gasteiger partial charge in [-0.1, -0.05) is 13.8 Å². The number of hydrogen-bond donors (Lipinski definition) is 5. The van der Waals surface area contributed by atoms with Crippen LogP contribution in [0.1, 0.15) is 46.0 Å². The molecule has 0 spiro atoms. The van der Waals surface area contributed by atoms with Crippen LogP contribution in [0.4, 0.5) is 0 Å². The monoisotopic (exact) mass is 320 g/mol. The Balaban J connectivity index is 0. The van der Waals surface area contributed by atoms with Gasteiger partial charge in [-0.25, -0.2) is 9.59 Å². The zero-order valence-corrected chi connectivity index (χ0v) is 12.7. The molecule has 0 aliphatic rings. The van der Waals surface area contributed by atoms with E-state index in [0.717, 1.165) is 0 Å². The van der Waals surface area contributed by atoms with Crippen molar-refractivity contribution in [3.05, 3.63) is 0 Å². The second kappa shape index (κ2) is 10.7. The van der Waals surface area contributed by atoms with E-state index in [9.17, 15) is 19.2 Å². The van der Waals surface area contributed by atoms with Crippen molar-refractivity contribution in [2.24, 2.45) is 17.4 Å². The fourth-order valence-corrected chi connectivity index (χ4v) is 1.20. The average Bonchev–Trinajstić information content (AvgIpc) is 2.42. The van der Waals surface area contributed by atoms with Gasteiger partial charge in [-0.2, -0.15) is 0 Å². The number of hydrogen-bond acceptors (Lipinski definition) is 6. The summed E-state index contributed by atoms with van der Waals surface area (Å²) < 4.78 is 0. The van der Waals surface area contributed by atoms with Gasteiger partial charge in [-0.3, -0.25) is 9.59 Å². The largest absolute Gasteiger partial charge is 0.481 e. The molecule has 1 unspecified atom stereocenters. The zero-order chi connectivity index (χ0) is 17.9. The Morgan fingerprint density at radius 1 is 1.05 bits per heavy atom. The van der Waals surface area contributed by atoms with Crippen LogP contribution in [0.25, 0.3) is 0 Å². The smallest absolute Gasteiger partial charge is 0.372 e. The van der Waals surface area contributed by atoms with Crippen LogP contribution in [0.2, 0.25) is 0 Å². The molecule has 0 aromatic heterocycles. The highest BCUT2D eigenvalue weighted by Crippen LogP contribution is 2.07. The van der Waals surface area contributed by atoms with E-state index >= 15 is 0 Å². The number of aliphatic carboxylic acids is 3. The number of rotatable bonds is 9. The zero-order valence-electron chi connectivity index (χ0n) is 12.7. The minimum Gasteiger partial charge on any atom is -0.481 e. The summed E-state index contributed by atoms with van der Waals surface area (Å²) in [4.78, 5) is 40.9. The molecule has 0 rings (SSSR count). The molecule has 9 heteroatoms. The Bertz CT molecular complexity index is 407. The summed E-state index contributed by atoms with van der Waals surface area (Å²) in [6.45, 7) is 3.39. The fraction of sp³-hybridized carbons (Fsp3) is 0.692. The molecular formula is C13H24N2O7. The number of nitrogens with two attached hydrogens (primary N) is 2. The SMILES string of the molecule is CCC(C)C(=O)C(=O)O.NC(N)(CCCCC(=O)O)C(=O)O. The third kappa shape index (κ3) is 10.7. The van der Waals surface area contributed by atoms with Crippen LogP contribution in [-0.4, -0.2) is 44.7 Å². The van der Waals surface area contributed by atoms with Crippen LogP contribution in [0.3, 0.4) is 0 Å². The predicted molar refractivity (Wildman–Crippen MR) is 76.9 cm³/mol. The van der Waals surface area contributed by atoms with Crippen LogP contribution in [0, 0.1) is 5.92 Å². The number of carboxylic acids is 3. The quantitative estimate of drug-likeness (QED) is 0.222. The van der Waals surface area contributed by atoms with E-state index in [1.165, 1.54) is 0 Å². The van der Waals surface area contributed by atoms with E-state index in [0.29, 0.717) is 19.3 Å². The molecule has 1 atom stereocenters. The minimum atomic E-state index is -1.74. The van der Waals surface area contributed by atoms with Crippen LogP contribution >= 0.6 is 0 Å². The van der Waals surface area contributed by atoms with Crippen LogP contribution < -0.4 is 11.5 Å². The van der Waals surface area contributed by atoms with Crippen molar-refractivity contribution in [3.63, 3.8) is 0 Å². The summed E-state index contributed by atoms with van der Waals surface area (Å²) in [5.74, 6) is -4.55. The molecule has 0 heterocycles. The standard InChI is InChI=1S/C7H14N2O4.C6H10O3/c8-7(9,6(12)13)4-2-1-3-5(10)11;1-3-4(2)5(7)6(8)9/h1-4,8-9H2,(H,10,11)(H,12,13);4H,3H2,1-2H3,(H,8,9). The second-order valence-electron chi connectivity index (χ2n) is 4.93. The Hall–Kier alpha value is -2.00. The summed E-state index contributed by atoms with van der Waals surface area (Å²) in [7, 11) is 0. The van der Waals surface area contributed by atoms with Crippen LogP contribution in [0.5, 0.6) is 0 Å². The first-order chi connectivity index (χ1) is 9.95. The Morgan fingerprint density at radius 3 is 1.82 bits per heavy atom. The lowest BCUT2D eigenvalue weighted by Crippen LogP contribution is -2.56. The topological polar surface area (TPSA) is 181 Å². The highest BCUT2D eigenvalue weighted by atomic mass is 16.4. The van der Waals surface area contributed by atoms with Crippen molar-refractivity contribution in [1.29, 1.82) is 0 Å². The fourth-order valence-electron chi connectivity index (χ4n) is 1.20. The summed E-state index contributed by atoms with van der Waals surface area (Å²) in [5, 5.41) is 24.9. The van der Waals surface area contributed by atoms with E-state index in [4.69, 9.17) is 26.8 Å². The third-order valence-corrected chi connectivity index (χ3v) is 2.90. The average molecular weight is 320 g/mol. The second-order valence-corrected chi connectivity index (χ2v) is 4.93. The van der Waals surface area contributed by atoms with Gasteiger partial charge in [0.15, 0.2) is 5.66 Å². The minimum absolute atomic E-state index is 0.00962. The number of ketones is 1. The lowest BCUT2D eigenvalue weighted by molar-refractivity contribution is -0.150. The molecule has 0 saturated heterocycles. The highest BCUT2D eigenvalue weighted by molar-refractivity contribution is 6.33. The first-order valence-corrected chi connectivity index (χ1v) is 6.75. The summed E-state index contributed by atoms with van der Waals surface area (Å²) in [5.41, 5.74) is 8.68. The maximum absolute atomic E-state index is 10.5. The Kier molecular flexibility index (Phi) is 10.8. The highest BCUT2D eigenvalue weighted by Gasteiger charge is 2.27. The summed E-state index contributed by atoms with van der Waals surface area (Å²) in [6.07, 6.45) is 1.46. The molecule has 0 fully saturated rings. The molecule has 0 radical (unpaired) electrons. The molecule has 0 bridgehead atoms. The first kappa shape index (κ1) is 22.3. The van der Waals surface area contributed by atoms with Crippen molar-refractivity contribution < 1.29 is 34.5 Å². The van der Waals surface area contributed by atoms with Crippen molar-refractivity contribution in [2.45, 2.75) is 51.6 Å². The van der Waals surface area contributed by atoms with Gasteiger partial charge in [0.1, 0.15) is 0 Å². The summed E-state index contributed by atoms with van der Waals surface area (Å²) >= 11 is 0. The van der Waals surface area contributed by atoms with Crippen LogP contribution in [0.15, 0.2) is 0 Å². The predicted octanol–water partition coefficient (Wildman–Crippen LogP) is 0.0159. The summed E-state index contributed by atoms with van der Waals surface area (Å²) in [6, 6.07) is 0. The molecule has 22 heavy (non-hydrogen) atoms. The van der Waals surface area contributed by atoms with Crippen molar-refractivity contribution >= 4 is 23.7 Å². The van der Waals surface area contributed by atoms with Crippen molar-refractivity contribution in [3.8, 4) is 0 Å². The van der Waals surface area contributed by atoms with Crippen molar-refractivity contribution in [2.75, 3.05) is 0 Å². The first-order valence-electron chi connectivity index (χ1n) is 6.75. The molecule has 0 amide bonds. The van der Waals surface area contributed by atoms with Gasteiger partial charge in [0.05, 0.1) is 0 Å². The van der Waals surface area contributed by atoms with Gasteiger partial charge >= 0.3 is 17.9 Å². The van der Waals surface area contributed by atoms with Gasteiger partial charge < -0.3 is 26.8 Å². The molecule has 0 aliphatic heterocycles. The number of carbonyl (C=O) groups is 4. The van der Waals surface area contributed by atoms with Crippen molar-refractivity contribution in [1.82, 2.24) is 0 Å². The van der Waals surface area contributed by atoms with Gasteiger partial charge in [-0.05, 0) is 25.7 Å². The van der Waals surface area contributed by atoms with E-state index in [1.54, 1.807) is 13.8 Å². The van der Waals surface area contributed by atoms with E-state index in [-0.39, 0.29) is 18.8 Å². The van der Waals surface area contributed by atoms with E-state index in [2.05, 4.69) is 0 Å². The number of carboxylic acid groups (broad SMARTS) is 3. The van der Waals surface area contributed by atoms with E-state index < -0.39 is 29.4 Å². The lowest BCUT2D eigenvalue weighted by Gasteiger charge is -2.18. The van der Waals surface area contributed by atoms with Gasteiger partial charge in [0.2, 0.25) is 5.78 Å². The van der Waals surface area contributed by atoms with Gasteiger partial charge in [0.25, 0.3) is 0 Å². The van der Waals surface area contributed by atoms with Gasteiger partial charge in [-0.15, -0.1) is 0 Å². The normalized spacial score (nSPS) is 11.8. The number of unbranched alkanes of at least 4 members (excludes halogenated alkanes) is 1. The third-order valence-electron chi connectivity index (χ3n) is 2.90. The maximum atomic E-state index is 10.5. The molecule has 0 saturated carbocycles. The molecule has 9 nitrogen and oxygen atoms in total. The van der Waals surface area contributed by atoms with Gasteiger partial charge in [0, 0.05) is 12.3 Å². The molecule has 128 valence electrons. The molecule has 7 N–H and O–H groups in total. The lowest BCUT2D eigenvalue weighted by atomic mass is 10.0. The Labute approximate surface area is 128 Å². The molecular weight excluding hydrogens is 296 g/mol. The van der Waals surface area contributed by atoms with Crippen LogP contribution in [-0.2, 0) is 19.2 Å². The molecule has 0 aromatic rings. The Morgan fingerprint density at radius 2 is 1.55 bits per heavy atom. The maximum Gasteiger partial charge on any atom is 0.372 e. The molecule has 0 aliphatic carbocycles. The number of carbonyl (C=O) groups excluding carboxylic acids is 1. The van der Waals surface area contributed by atoms with E-state index in [1.807, 2.05) is 0 Å². The number of Topliss-reactive ketones (excluding diaryl/α,β-unsaturated/α-hetero) is 1. The molecule has 0 aromatic carbocycles.